The van der Waals surface area contributed by atoms with Gasteiger partial charge in [0.25, 0.3) is 5.91 Å². The maximum absolute atomic E-state index is 11.7. The van der Waals surface area contributed by atoms with Gasteiger partial charge in [-0.15, -0.1) is 10.2 Å². The van der Waals surface area contributed by atoms with E-state index in [0.29, 0.717) is 25.5 Å². The van der Waals surface area contributed by atoms with Crippen molar-refractivity contribution < 1.29 is 9.53 Å². The van der Waals surface area contributed by atoms with Crippen LogP contribution in [0.2, 0.25) is 5.15 Å². The van der Waals surface area contributed by atoms with E-state index in [2.05, 4.69) is 23.2 Å². The molecule has 1 saturated heterocycles. The van der Waals surface area contributed by atoms with E-state index in [-0.39, 0.29) is 16.8 Å². The third-order valence-corrected chi connectivity index (χ3v) is 4.10. The second-order valence-corrected chi connectivity index (χ2v) is 5.82. The summed E-state index contributed by atoms with van der Waals surface area (Å²) in [6, 6.07) is 9.53. The second-order valence-electron chi connectivity index (χ2n) is 5.43. The number of hydrogen-bond acceptors (Lipinski definition) is 5. The number of aromatic nitrogens is 2. The zero-order valence-electron chi connectivity index (χ0n) is 12.7. The molecule has 1 aromatic heterocycles. The van der Waals surface area contributed by atoms with Gasteiger partial charge in [0.2, 0.25) is 0 Å². The van der Waals surface area contributed by atoms with Gasteiger partial charge in [0, 0.05) is 13.1 Å². The van der Waals surface area contributed by atoms with Crippen LogP contribution >= 0.6 is 11.6 Å². The fourth-order valence-corrected chi connectivity index (χ4v) is 2.90. The Kier molecular flexibility index (Phi) is 4.45. The van der Waals surface area contributed by atoms with Crippen molar-refractivity contribution in [3.8, 4) is 0 Å². The fraction of sp³-hybridized carbons (Fsp3) is 0.312. The Balaban J connectivity index is 1.90. The molecule has 3 rings (SSSR count). The maximum atomic E-state index is 11.7. The molecule has 1 amide bonds. The van der Waals surface area contributed by atoms with Crippen LogP contribution in [-0.2, 0) is 4.74 Å². The molecule has 1 aromatic carbocycles. The van der Waals surface area contributed by atoms with Gasteiger partial charge in [-0.1, -0.05) is 35.9 Å². The molecular weight excluding hydrogens is 316 g/mol. The molecule has 1 fully saturated rings. The third-order valence-electron chi connectivity index (χ3n) is 3.91. The topological polar surface area (TPSA) is 81.3 Å². The Morgan fingerprint density at radius 3 is 2.91 bits per heavy atom. The normalized spacial score (nSPS) is 18.0. The molecule has 1 atom stereocenters. The molecule has 2 N–H and O–H groups in total. The van der Waals surface area contributed by atoms with Gasteiger partial charge >= 0.3 is 0 Å². The number of nitrogens with two attached hydrogens (primary N) is 1. The fourth-order valence-electron chi connectivity index (χ4n) is 2.75. The quantitative estimate of drug-likeness (QED) is 0.931. The minimum atomic E-state index is -0.573. The number of carbonyl (C=O) groups is 1. The van der Waals surface area contributed by atoms with Gasteiger partial charge in [-0.3, -0.25) is 4.79 Å². The number of hydrogen-bond donors (Lipinski definition) is 1. The van der Waals surface area contributed by atoms with Crippen LogP contribution in [0, 0.1) is 6.92 Å². The molecule has 0 aliphatic carbocycles. The van der Waals surface area contributed by atoms with Crippen molar-refractivity contribution in [1.29, 1.82) is 0 Å². The van der Waals surface area contributed by atoms with Crippen molar-refractivity contribution in [2.75, 3.05) is 24.6 Å². The van der Waals surface area contributed by atoms with E-state index in [1.165, 1.54) is 6.07 Å². The van der Waals surface area contributed by atoms with Crippen molar-refractivity contribution >= 4 is 23.3 Å². The first kappa shape index (κ1) is 15.7. The van der Waals surface area contributed by atoms with E-state index >= 15 is 0 Å². The summed E-state index contributed by atoms with van der Waals surface area (Å²) < 4.78 is 5.89. The van der Waals surface area contributed by atoms with Gasteiger partial charge in [-0.2, -0.15) is 0 Å². The Labute approximate surface area is 139 Å². The first-order valence-electron chi connectivity index (χ1n) is 7.31. The molecule has 0 saturated carbocycles. The van der Waals surface area contributed by atoms with Crippen molar-refractivity contribution in [1.82, 2.24) is 10.2 Å². The Hall–Kier alpha value is -2.18. The van der Waals surface area contributed by atoms with Crippen LogP contribution < -0.4 is 10.6 Å². The summed E-state index contributed by atoms with van der Waals surface area (Å²) in [6.45, 7) is 3.76. The van der Waals surface area contributed by atoms with Gasteiger partial charge in [-0.25, -0.2) is 0 Å². The van der Waals surface area contributed by atoms with E-state index in [0.717, 1.165) is 11.1 Å². The van der Waals surface area contributed by atoms with Crippen LogP contribution in [0.4, 0.5) is 5.82 Å². The molecular formula is C16H17ClN4O2. The summed E-state index contributed by atoms with van der Waals surface area (Å²) in [4.78, 5) is 13.6. The van der Waals surface area contributed by atoms with Gasteiger partial charge in [0.15, 0.2) is 11.0 Å². The molecule has 2 heterocycles. The molecule has 1 unspecified atom stereocenters. The number of ether oxygens (including phenoxy) is 1. The first-order valence-corrected chi connectivity index (χ1v) is 7.69. The highest BCUT2D eigenvalue weighted by atomic mass is 35.5. The molecule has 0 spiro atoms. The Bertz CT molecular complexity index is 738. The highest BCUT2D eigenvalue weighted by Gasteiger charge is 2.27. The first-order chi connectivity index (χ1) is 11.1. The SMILES string of the molecule is Cc1ccccc1C1CN(c2nnc(Cl)cc2C(N)=O)CCO1. The number of aryl methyl sites for hydroxylation is 1. The second kappa shape index (κ2) is 6.52. The highest BCUT2D eigenvalue weighted by Crippen LogP contribution is 2.28. The Morgan fingerprint density at radius 2 is 2.17 bits per heavy atom. The number of morpholine rings is 1. The summed E-state index contributed by atoms with van der Waals surface area (Å²) in [5.41, 5.74) is 8.00. The zero-order valence-corrected chi connectivity index (χ0v) is 13.5. The molecule has 6 nitrogen and oxygen atoms in total. The molecule has 1 aliphatic rings. The Morgan fingerprint density at radius 1 is 1.39 bits per heavy atom. The lowest BCUT2D eigenvalue weighted by Crippen LogP contribution is -2.40. The monoisotopic (exact) mass is 332 g/mol. The molecule has 7 heteroatoms. The maximum Gasteiger partial charge on any atom is 0.252 e. The number of rotatable bonds is 3. The van der Waals surface area contributed by atoms with Crippen LogP contribution in [0.25, 0.3) is 0 Å². The lowest BCUT2D eigenvalue weighted by Gasteiger charge is -2.34. The number of halogens is 1. The highest BCUT2D eigenvalue weighted by molar-refractivity contribution is 6.29. The van der Waals surface area contributed by atoms with Crippen LogP contribution in [0.1, 0.15) is 27.6 Å². The average molecular weight is 333 g/mol. The van der Waals surface area contributed by atoms with Crippen LogP contribution in [0.15, 0.2) is 30.3 Å². The van der Waals surface area contributed by atoms with Gasteiger partial charge in [0.1, 0.15) is 6.10 Å². The van der Waals surface area contributed by atoms with Crippen LogP contribution in [-0.4, -0.2) is 35.8 Å². The summed E-state index contributed by atoms with van der Waals surface area (Å²) in [5.74, 6) is -0.125. The number of anilines is 1. The van der Waals surface area contributed by atoms with Gasteiger partial charge < -0.3 is 15.4 Å². The molecule has 120 valence electrons. The lowest BCUT2D eigenvalue weighted by molar-refractivity contribution is 0.0390. The van der Waals surface area contributed by atoms with Gasteiger partial charge in [-0.05, 0) is 24.1 Å². The number of benzene rings is 1. The van der Waals surface area contributed by atoms with E-state index in [4.69, 9.17) is 22.1 Å². The van der Waals surface area contributed by atoms with E-state index in [1.807, 2.05) is 23.1 Å². The molecule has 1 aliphatic heterocycles. The zero-order chi connectivity index (χ0) is 16.4. The number of nitrogens with zero attached hydrogens (tertiary/aromatic N) is 3. The van der Waals surface area contributed by atoms with Crippen LogP contribution in [0.3, 0.4) is 0 Å². The minimum absolute atomic E-state index is 0.0943. The van der Waals surface area contributed by atoms with Crippen LogP contribution in [0.5, 0.6) is 0 Å². The summed E-state index contributed by atoms with van der Waals surface area (Å²) in [6.07, 6.45) is -0.0943. The van der Waals surface area contributed by atoms with Crippen molar-refractivity contribution in [3.63, 3.8) is 0 Å². The summed E-state index contributed by atoms with van der Waals surface area (Å²) in [5, 5.41) is 8.04. The van der Waals surface area contributed by atoms with Crippen molar-refractivity contribution in [3.05, 3.63) is 52.2 Å². The van der Waals surface area contributed by atoms with Gasteiger partial charge in [0.05, 0.1) is 12.2 Å². The molecule has 0 radical (unpaired) electrons. The average Bonchev–Trinajstić information content (AvgIpc) is 2.55. The largest absolute Gasteiger partial charge is 0.370 e. The third kappa shape index (κ3) is 3.28. The standard InChI is InChI=1S/C16H17ClN4O2/c1-10-4-2-3-5-11(10)13-9-21(6-7-23-13)16-12(15(18)22)8-14(17)19-20-16/h2-5,8,13H,6-7,9H2,1H3,(H2,18,22). The minimum Gasteiger partial charge on any atom is -0.370 e. The number of amides is 1. The van der Waals surface area contributed by atoms with Crippen molar-refractivity contribution in [2.45, 2.75) is 13.0 Å². The summed E-state index contributed by atoms with van der Waals surface area (Å²) in [7, 11) is 0. The van der Waals surface area contributed by atoms with E-state index < -0.39 is 5.91 Å². The smallest absolute Gasteiger partial charge is 0.252 e. The number of carbonyl (C=O) groups excluding carboxylic acids is 1. The molecule has 23 heavy (non-hydrogen) atoms. The predicted octanol–water partition coefficient (Wildman–Crippen LogP) is 2.12. The van der Waals surface area contributed by atoms with Crippen molar-refractivity contribution in [2.24, 2.45) is 5.73 Å². The van der Waals surface area contributed by atoms with E-state index in [9.17, 15) is 4.79 Å². The predicted molar refractivity (Wildman–Crippen MR) is 87.6 cm³/mol. The molecule has 0 bridgehead atoms. The summed E-state index contributed by atoms with van der Waals surface area (Å²) >= 11 is 5.82. The molecule has 2 aromatic rings. The lowest BCUT2D eigenvalue weighted by atomic mass is 10.0. The number of primary amides is 1. The van der Waals surface area contributed by atoms with E-state index in [1.54, 1.807) is 0 Å².